The number of rotatable bonds is 3. The van der Waals surface area contributed by atoms with Gasteiger partial charge in [-0.15, -0.1) is 0 Å². The molecule has 2 fully saturated rings. The van der Waals surface area contributed by atoms with Gasteiger partial charge in [-0.2, -0.15) is 0 Å². The molecule has 140 valence electrons. The fourth-order valence-corrected chi connectivity index (χ4v) is 4.40. The lowest BCUT2D eigenvalue weighted by Gasteiger charge is -2.42. The predicted molar refractivity (Wildman–Crippen MR) is 93.4 cm³/mol. The summed E-state index contributed by atoms with van der Waals surface area (Å²) in [7, 11) is 0. The van der Waals surface area contributed by atoms with E-state index in [1.165, 1.54) is 0 Å². The molecule has 0 N–H and O–H groups in total. The predicted octanol–water partition coefficient (Wildman–Crippen LogP) is 1.54. The number of hydrogen-bond donors (Lipinski definition) is 0. The number of para-hydroxylation sites is 1. The lowest BCUT2D eigenvalue weighted by atomic mass is 9.66. The van der Waals surface area contributed by atoms with Crippen molar-refractivity contribution in [1.82, 2.24) is 0 Å². The van der Waals surface area contributed by atoms with Crippen LogP contribution in [0.1, 0.15) is 19.4 Å². The van der Waals surface area contributed by atoms with Crippen LogP contribution in [-0.4, -0.2) is 36.5 Å². The first-order chi connectivity index (χ1) is 12.9. The fraction of sp³-hybridized carbons (Fsp3) is 0.400. The van der Waals surface area contributed by atoms with E-state index in [9.17, 15) is 19.2 Å². The van der Waals surface area contributed by atoms with Crippen molar-refractivity contribution in [3.05, 3.63) is 41.0 Å². The van der Waals surface area contributed by atoms with Gasteiger partial charge in [-0.05, 0) is 38.0 Å². The summed E-state index contributed by atoms with van der Waals surface area (Å²) < 4.78 is 10.5. The van der Waals surface area contributed by atoms with E-state index in [1.54, 1.807) is 26.0 Å². The number of amides is 2. The standard InChI is InChI=1S/C20H19NO6/c1-4-26-19(24)12-10(3)16-15-13(14(12)20(25)27-16)17(22)21(18(15)23)11-8-6-5-7-9(11)2/h5-8,13-16H,4H2,1-3H3. The molecule has 2 amide bonds. The summed E-state index contributed by atoms with van der Waals surface area (Å²) in [4.78, 5) is 52.4. The lowest BCUT2D eigenvalue weighted by Crippen LogP contribution is -2.54. The molecule has 0 spiro atoms. The number of hydrogen-bond acceptors (Lipinski definition) is 6. The number of carbonyl (C=O) groups is 4. The smallest absolute Gasteiger partial charge is 0.334 e. The molecule has 5 rings (SSSR count). The van der Waals surface area contributed by atoms with E-state index < -0.39 is 47.6 Å². The third-order valence-corrected chi connectivity index (χ3v) is 5.59. The van der Waals surface area contributed by atoms with Crippen LogP contribution in [0.4, 0.5) is 5.69 Å². The van der Waals surface area contributed by atoms with Gasteiger partial charge in [0.1, 0.15) is 12.0 Å². The van der Waals surface area contributed by atoms with Gasteiger partial charge >= 0.3 is 11.9 Å². The van der Waals surface area contributed by atoms with Gasteiger partial charge in [0, 0.05) is 0 Å². The number of anilines is 1. The van der Waals surface area contributed by atoms with E-state index in [2.05, 4.69) is 0 Å². The first kappa shape index (κ1) is 17.5. The van der Waals surface area contributed by atoms with Gasteiger partial charge in [0.15, 0.2) is 0 Å². The molecule has 4 aliphatic rings. The molecule has 3 aliphatic heterocycles. The van der Waals surface area contributed by atoms with Crippen LogP contribution in [0, 0.1) is 24.7 Å². The SMILES string of the molecule is CCOC(=O)C1=C(C)C2OC(=O)C1C1C(=O)N(c3ccccc3C)C(=O)C21. The highest BCUT2D eigenvalue weighted by molar-refractivity contribution is 6.25. The Morgan fingerprint density at radius 2 is 1.78 bits per heavy atom. The Kier molecular flexibility index (Phi) is 3.91. The molecule has 4 atom stereocenters. The number of carbonyl (C=O) groups excluding carboxylic acids is 4. The van der Waals surface area contributed by atoms with Crippen molar-refractivity contribution in [3.63, 3.8) is 0 Å². The highest BCUT2D eigenvalue weighted by Crippen LogP contribution is 2.51. The summed E-state index contributed by atoms with van der Waals surface area (Å²) in [6, 6.07) is 7.06. The minimum Gasteiger partial charge on any atom is -0.463 e. The summed E-state index contributed by atoms with van der Waals surface area (Å²) >= 11 is 0. The van der Waals surface area contributed by atoms with Crippen LogP contribution in [0.3, 0.4) is 0 Å². The molecule has 1 aromatic rings. The Hall–Kier alpha value is -2.96. The molecule has 7 heteroatoms. The van der Waals surface area contributed by atoms with Crippen LogP contribution in [-0.2, 0) is 28.7 Å². The number of nitrogens with zero attached hydrogens (tertiary/aromatic N) is 1. The summed E-state index contributed by atoms with van der Waals surface area (Å²) in [6.45, 7) is 5.28. The second kappa shape index (κ2) is 6.04. The Morgan fingerprint density at radius 3 is 2.44 bits per heavy atom. The average molecular weight is 369 g/mol. The summed E-state index contributed by atoms with van der Waals surface area (Å²) in [6.07, 6.45) is -0.919. The quantitative estimate of drug-likeness (QED) is 0.593. The van der Waals surface area contributed by atoms with Gasteiger partial charge < -0.3 is 9.47 Å². The maximum absolute atomic E-state index is 13.2. The molecule has 2 bridgehead atoms. The van der Waals surface area contributed by atoms with Crippen molar-refractivity contribution < 1.29 is 28.7 Å². The van der Waals surface area contributed by atoms with Crippen molar-refractivity contribution in [1.29, 1.82) is 0 Å². The van der Waals surface area contributed by atoms with E-state index in [1.807, 2.05) is 19.1 Å². The fourth-order valence-electron chi connectivity index (χ4n) is 4.40. The topological polar surface area (TPSA) is 90.0 Å². The van der Waals surface area contributed by atoms with Crippen LogP contribution < -0.4 is 4.90 Å². The van der Waals surface area contributed by atoms with Gasteiger partial charge in [0.2, 0.25) is 11.8 Å². The Bertz CT molecular complexity index is 917. The average Bonchev–Trinajstić information content (AvgIpc) is 2.89. The third-order valence-electron chi connectivity index (χ3n) is 5.59. The minimum atomic E-state index is -1.11. The van der Waals surface area contributed by atoms with Crippen molar-refractivity contribution in [3.8, 4) is 0 Å². The van der Waals surface area contributed by atoms with Crippen molar-refractivity contribution >= 4 is 29.4 Å². The van der Waals surface area contributed by atoms with Crippen LogP contribution >= 0.6 is 0 Å². The van der Waals surface area contributed by atoms with E-state index in [0.29, 0.717) is 11.3 Å². The zero-order chi connectivity index (χ0) is 19.5. The molecule has 7 nitrogen and oxygen atoms in total. The van der Waals surface area contributed by atoms with E-state index in [-0.39, 0.29) is 12.2 Å². The van der Waals surface area contributed by atoms with Gasteiger partial charge in [0.25, 0.3) is 0 Å². The van der Waals surface area contributed by atoms with Gasteiger partial charge in [-0.3, -0.25) is 14.4 Å². The monoisotopic (exact) mass is 369 g/mol. The maximum Gasteiger partial charge on any atom is 0.334 e. The molecule has 0 saturated carbocycles. The molecule has 3 heterocycles. The minimum absolute atomic E-state index is 0.151. The van der Waals surface area contributed by atoms with Crippen LogP contribution in [0.2, 0.25) is 0 Å². The Labute approximate surface area is 155 Å². The van der Waals surface area contributed by atoms with Gasteiger partial charge in [-0.25, -0.2) is 9.69 Å². The van der Waals surface area contributed by atoms with Crippen molar-refractivity contribution in [2.45, 2.75) is 26.9 Å². The highest BCUT2D eigenvalue weighted by atomic mass is 16.6. The zero-order valence-corrected chi connectivity index (χ0v) is 15.2. The van der Waals surface area contributed by atoms with E-state index in [0.717, 1.165) is 10.5 Å². The maximum atomic E-state index is 13.2. The van der Waals surface area contributed by atoms with E-state index >= 15 is 0 Å². The van der Waals surface area contributed by atoms with Crippen molar-refractivity contribution in [2.24, 2.45) is 17.8 Å². The number of esters is 2. The number of aryl methyl sites for hydroxylation is 1. The molecule has 27 heavy (non-hydrogen) atoms. The first-order valence-electron chi connectivity index (χ1n) is 8.90. The Balaban J connectivity index is 1.82. The number of ether oxygens (including phenoxy) is 2. The molecule has 2 saturated heterocycles. The molecular formula is C20H19NO6. The summed E-state index contributed by atoms with van der Waals surface area (Å²) in [5, 5.41) is 0. The van der Waals surface area contributed by atoms with Crippen LogP contribution in [0.25, 0.3) is 0 Å². The number of imide groups is 1. The van der Waals surface area contributed by atoms with E-state index in [4.69, 9.17) is 9.47 Å². The van der Waals surface area contributed by atoms with Crippen LogP contribution in [0.5, 0.6) is 0 Å². The molecule has 4 unspecified atom stereocenters. The summed E-state index contributed by atoms with van der Waals surface area (Å²) in [5.74, 6) is -5.00. The Morgan fingerprint density at radius 1 is 1.11 bits per heavy atom. The van der Waals surface area contributed by atoms with Gasteiger partial charge in [-0.1, -0.05) is 18.2 Å². The molecular weight excluding hydrogens is 350 g/mol. The molecule has 0 radical (unpaired) electrons. The second-order valence-corrected chi connectivity index (χ2v) is 7.00. The highest BCUT2D eigenvalue weighted by Gasteiger charge is 2.66. The third kappa shape index (κ3) is 2.27. The number of fused-ring (bicyclic) bond motifs is 1. The van der Waals surface area contributed by atoms with Gasteiger partial charge in [0.05, 0.1) is 29.7 Å². The normalized spacial score (nSPS) is 29.1. The second-order valence-electron chi connectivity index (χ2n) is 7.00. The molecule has 1 aromatic carbocycles. The molecule has 1 aliphatic carbocycles. The first-order valence-corrected chi connectivity index (χ1v) is 8.90. The largest absolute Gasteiger partial charge is 0.463 e. The summed E-state index contributed by atoms with van der Waals surface area (Å²) in [5.41, 5.74) is 1.91. The molecule has 0 aromatic heterocycles. The van der Waals surface area contributed by atoms with Crippen LogP contribution in [0.15, 0.2) is 35.4 Å². The lowest BCUT2D eigenvalue weighted by molar-refractivity contribution is -0.173. The van der Waals surface area contributed by atoms with Crippen molar-refractivity contribution in [2.75, 3.05) is 11.5 Å². The number of benzene rings is 1. The zero-order valence-electron chi connectivity index (χ0n) is 15.2.